The number of aliphatic hydroxyl groups is 2. The van der Waals surface area contributed by atoms with Gasteiger partial charge in [-0.1, -0.05) is 39.3 Å². The molecule has 94 valence electrons. The molecule has 6 heteroatoms. The van der Waals surface area contributed by atoms with E-state index in [1.165, 1.54) is 6.92 Å². The van der Waals surface area contributed by atoms with Gasteiger partial charge in [0.2, 0.25) is 0 Å². The minimum atomic E-state index is -1.07. The number of carbonyl (C=O) groups excluding carboxylic acids is 1. The normalized spacial score (nSPS) is 14.4. The van der Waals surface area contributed by atoms with Crippen molar-refractivity contribution in [2.75, 3.05) is 5.75 Å². The average molecular weight is 340 g/mol. The summed E-state index contributed by atoms with van der Waals surface area (Å²) in [4.78, 5) is 10.8. The zero-order valence-electron chi connectivity index (χ0n) is 9.06. The van der Waals surface area contributed by atoms with Gasteiger partial charge in [-0.15, -0.1) is 0 Å². The molecule has 0 spiro atoms. The topological polar surface area (TPSA) is 57.5 Å². The molecule has 0 saturated carbocycles. The van der Waals surface area contributed by atoms with Crippen molar-refractivity contribution in [1.29, 1.82) is 0 Å². The lowest BCUT2D eigenvalue weighted by molar-refractivity contribution is -0.109. The number of aliphatic hydroxyl groups excluding tert-OH is 2. The maximum Gasteiger partial charge on any atom is 0.185 e. The molecule has 0 bridgehead atoms. The third-order valence-electron chi connectivity index (χ3n) is 2.10. The van der Waals surface area contributed by atoms with Gasteiger partial charge >= 0.3 is 0 Å². The zero-order valence-corrected chi connectivity index (χ0v) is 12.2. The molecule has 0 radical (unpaired) electrons. The van der Waals surface area contributed by atoms with Crippen LogP contribution in [0.2, 0.25) is 5.02 Å². The summed E-state index contributed by atoms with van der Waals surface area (Å²) < 4.78 is 0.668. The highest BCUT2D eigenvalue weighted by Crippen LogP contribution is 2.29. The van der Waals surface area contributed by atoms with Crippen LogP contribution in [0.4, 0.5) is 0 Å². The summed E-state index contributed by atoms with van der Waals surface area (Å²) in [6.45, 7) is 1.42. The Morgan fingerprint density at radius 2 is 2.18 bits per heavy atom. The number of halogens is 2. The van der Waals surface area contributed by atoms with Crippen LogP contribution in [-0.4, -0.2) is 27.2 Å². The monoisotopic (exact) mass is 338 g/mol. The molecule has 2 N–H and O–H groups in total. The minimum Gasteiger partial charge on any atom is -0.389 e. The van der Waals surface area contributed by atoms with Crippen LogP contribution < -0.4 is 0 Å². The smallest absolute Gasteiger partial charge is 0.185 e. The third kappa shape index (κ3) is 4.60. The molecule has 1 aromatic rings. The largest absolute Gasteiger partial charge is 0.389 e. The maximum absolute atomic E-state index is 10.8. The average Bonchev–Trinajstić information content (AvgIpc) is 2.28. The molecular weight excluding hydrogens is 328 g/mol. The Hall–Kier alpha value is -0.0700. The number of rotatable bonds is 4. The molecule has 2 unspecified atom stereocenters. The molecule has 1 aromatic carbocycles. The second-order valence-corrected chi connectivity index (χ2v) is 5.97. The third-order valence-corrected chi connectivity index (χ3v) is 3.97. The fourth-order valence-electron chi connectivity index (χ4n) is 1.24. The first kappa shape index (κ1) is 15.0. The minimum absolute atomic E-state index is 0.0959. The lowest BCUT2D eigenvalue weighted by Gasteiger charge is -2.18. The first-order valence-electron chi connectivity index (χ1n) is 4.86. The SMILES string of the molecule is CC(=O)SCC(O)C(O)c1cc(Cl)ccc1Br. The Bertz CT molecular complexity index is 414. The summed E-state index contributed by atoms with van der Waals surface area (Å²) in [5.41, 5.74) is 0.508. The highest BCUT2D eigenvalue weighted by Gasteiger charge is 2.21. The Morgan fingerprint density at radius 1 is 1.53 bits per heavy atom. The van der Waals surface area contributed by atoms with Gasteiger partial charge in [0.05, 0.1) is 6.10 Å². The molecule has 0 fully saturated rings. The van der Waals surface area contributed by atoms with Gasteiger partial charge in [-0.25, -0.2) is 0 Å². The number of carbonyl (C=O) groups is 1. The fourth-order valence-corrected chi connectivity index (χ4v) is 2.49. The molecule has 1 rings (SSSR count). The van der Waals surface area contributed by atoms with Crippen molar-refractivity contribution in [1.82, 2.24) is 0 Å². The van der Waals surface area contributed by atoms with E-state index in [1.807, 2.05) is 0 Å². The zero-order chi connectivity index (χ0) is 13.0. The molecule has 0 amide bonds. The Labute approximate surface area is 117 Å². The summed E-state index contributed by atoms with van der Waals surface area (Å²) in [5, 5.41) is 20.1. The summed E-state index contributed by atoms with van der Waals surface area (Å²) in [5.74, 6) is 0.148. The Kier molecular flexibility index (Phi) is 5.95. The molecule has 0 aliphatic carbocycles. The van der Waals surface area contributed by atoms with Gasteiger partial charge in [-0.3, -0.25) is 4.79 Å². The summed E-state index contributed by atoms with van der Waals surface area (Å²) >= 11 is 10.1. The van der Waals surface area contributed by atoms with Gasteiger partial charge in [-0.05, 0) is 23.8 Å². The van der Waals surface area contributed by atoms with E-state index >= 15 is 0 Å². The van der Waals surface area contributed by atoms with Crippen molar-refractivity contribution in [3.63, 3.8) is 0 Å². The highest BCUT2D eigenvalue weighted by molar-refractivity contribution is 9.10. The van der Waals surface area contributed by atoms with E-state index in [4.69, 9.17) is 11.6 Å². The lowest BCUT2D eigenvalue weighted by Crippen LogP contribution is -2.21. The molecule has 0 aromatic heterocycles. The van der Waals surface area contributed by atoms with E-state index in [0.29, 0.717) is 15.1 Å². The standard InChI is InChI=1S/C11H12BrClO3S/c1-6(14)17-5-10(15)11(16)8-4-7(13)2-3-9(8)12/h2-4,10-11,15-16H,5H2,1H3. The fraction of sp³-hybridized carbons (Fsp3) is 0.364. The number of hydrogen-bond acceptors (Lipinski definition) is 4. The van der Waals surface area contributed by atoms with Gasteiger partial charge < -0.3 is 10.2 Å². The van der Waals surface area contributed by atoms with Crippen molar-refractivity contribution in [3.8, 4) is 0 Å². The number of hydrogen-bond donors (Lipinski definition) is 2. The summed E-state index contributed by atoms with van der Waals surface area (Å²) in [6, 6.07) is 4.96. The Morgan fingerprint density at radius 3 is 2.76 bits per heavy atom. The summed E-state index contributed by atoms with van der Waals surface area (Å²) in [6.07, 6.45) is -2.09. The first-order valence-corrected chi connectivity index (χ1v) is 7.02. The van der Waals surface area contributed by atoms with Crippen LogP contribution in [0.1, 0.15) is 18.6 Å². The molecule has 17 heavy (non-hydrogen) atoms. The predicted molar refractivity (Wildman–Crippen MR) is 73.3 cm³/mol. The van der Waals surface area contributed by atoms with Crippen LogP contribution in [-0.2, 0) is 4.79 Å². The van der Waals surface area contributed by atoms with Gasteiger partial charge in [0.15, 0.2) is 5.12 Å². The summed E-state index contributed by atoms with van der Waals surface area (Å²) in [7, 11) is 0. The van der Waals surface area contributed by atoms with E-state index in [-0.39, 0.29) is 10.9 Å². The van der Waals surface area contributed by atoms with Crippen LogP contribution in [0.25, 0.3) is 0 Å². The van der Waals surface area contributed by atoms with Crippen LogP contribution in [0.3, 0.4) is 0 Å². The molecule has 3 nitrogen and oxygen atoms in total. The van der Waals surface area contributed by atoms with Gasteiger partial charge in [0.25, 0.3) is 0 Å². The van der Waals surface area contributed by atoms with Gasteiger partial charge in [-0.2, -0.15) is 0 Å². The molecule has 0 aliphatic heterocycles. The molecule has 0 aliphatic rings. The van der Waals surface area contributed by atoms with Crippen LogP contribution in [0.15, 0.2) is 22.7 Å². The maximum atomic E-state index is 10.8. The molecular formula is C11H12BrClO3S. The molecule has 0 saturated heterocycles. The second kappa shape index (κ2) is 6.75. The van der Waals surface area contributed by atoms with Crippen molar-refractivity contribution >= 4 is 44.4 Å². The first-order chi connectivity index (χ1) is 7.91. The molecule has 0 heterocycles. The van der Waals surface area contributed by atoms with Crippen molar-refractivity contribution in [3.05, 3.63) is 33.3 Å². The highest BCUT2D eigenvalue weighted by atomic mass is 79.9. The molecule has 2 atom stereocenters. The van der Waals surface area contributed by atoms with Crippen molar-refractivity contribution in [2.45, 2.75) is 19.1 Å². The Balaban J connectivity index is 2.77. The van der Waals surface area contributed by atoms with Crippen molar-refractivity contribution in [2.24, 2.45) is 0 Å². The van der Waals surface area contributed by atoms with Gasteiger partial charge in [0.1, 0.15) is 6.10 Å². The predicted octanol–water partition coefficient (Wildman–Crippen LogP) is 2.78. The quantitative estimate of drug-likeness (QED) is 0.885. The van der Waals surface area contributed by atoms with Crippen LogP contribution >= 0.6 is 39.3 Å². The van der Waals surface area contributed by atoms with Gasteiger partial charge in [0, 0.05) is 22.2 Å². The van der Waals surface area contributed by atoms with E-state index in [0.717, 1.165) is 11.8 Å². The van der Waals surface area contributed by atoms with E-state index in [1.54, 1.807) is 18.2 Å². The second-order valence-electron chi connectivity index (χ2n) is 3.48. The van der Waals surface area contributed by atoms with Crippen LogP contribution in [0, 0.1) is 0 Å². The van der Waals surface area contributed by atoms with E-state index in [2.05, 4.69) is 15.9 Å². The van der Waals surface area contributed by atoms with E-state index in [9.17, 15) is 15.0 Å². The van der Waals surface area contributed by atoms with Crippen molar-refractivity contribution < 1.29 is 15.0 Å². The lowest BCUT2D eigenvalue weighted by atomic mass is 10.1. The number of thioether (sulfide) groups is 1. The van der Waals surface area contributed by atoms with Crippen LogP contribution in [0.5, 0.6) is 0 Å². The number of benzene rings is 1. The van der Waals surface area contributed by atoms with E-state index < -0.39 is 12.2 Å².